The van der Waals surface area contributed by atoms with Crippen molar-refractivity contribution in [3.05, 3.63) is 0 Å². The average Bonchev–Trinajstić information content (AvgIpc) is 1.87. The van der Waals surface area contributed by atoms with E-state index in [0.29, 0.717) is 0 Å². The number of nitrogens with zero attached hydrogens (tertiary/aromatic N) is 1. The first-order chi connectivity index (χ1) is 4.22. The normalized spacial score (nSPS) is 14.3. The number of hydrogen-bond donors (Lipinski definition) is 1. The molecule has 0 rings (SSSR count). The van der Waals surface area contributed by atoms with Gasteiger partial charge < -0.3 is 5.73 Å². The molecule has 0 fully saturated rings. The van der Waals surface area contributed by atoms with E-state index in [2.05, 4.69) is 25.8 Å². The molecule has 0 saturated heterocycles. The van der Waals surface area contributed by atoms with Crippen molar-refractivity contribution in [3.8, 4) is 0 Å². The number of rotatable bonds is 4. The number of nitrogens with two attached hydrogens (primary N) is 1. The summed E-state index contributed by atoms with van der Waals surface area (Å²) in [6, 6.07) is 0. The van der Waals surface area contributed by atoms with E-state index in [1.165, 1.54) is 6.42 Å². The van der Waals surface area contributed by atoms with Crippen molar-refractivity contribution in [1.29, 1.82) is 0 Å². The molecule has 0 aliphatic carbocycles. The van der Waals surface area contributed by atoms with Crippen LogP contribution >= 0.6 is 0 Å². The maximum atomic E-state index is 5.76. The van der Waals surface area contributed by atoms with Crippen LogP contribution in [0.2, 0.25) is 0 Å². The highest BCUT2D eigenvalue weighted by molar-refractivity contribution is 4.57. The molecule has 0 aliphatic heterocycles. The first kappa shape index (κ1) is 8.92. The zero-order valence-electron chi connectivity index (χ0n) is 6.72. The molecule has 2 nitrogen and oxygen atoms in total. The van der Waals surface area contributed by atoms with Crippen LogP contribution in [0, 0.1) is 0 Å². The minimum atomic E-state index is 0.264. The Balaban J connectivity index is 3.32. The van der Waals surface area contributed by atoms with E-state index in [4.69, 9.17) is 5.73 Å². The highest BCUT2D eigenvalue weighted by Crippen LogP contribution is 1.96. The van der Waals surface area contributed by atoms with Crippen molar-refractivity contribution in [2.24, 2.45) is 5.73 Å². The van der Waals surface area contributed by atoms with Gasteiger partial charge in [0.25, 0.3) is 0 Å². The largest absolute Gasteiger partial charge is 0.316 e. The van der Waals surface area contributed by atoms with Crippen LogP contribution in [-0.2, 0) is 0 Å². The quantitative estimate of drug-likeness (QED) is 0.576. The Kier molecular flexibility index (Phi) is 4.72. The van der Waals surface area contributed by atoms with Gasteiger partial charge in [-0.2, -0.15) is 0 Å². The molecule has 0 heterocycles. The second-order valence-electron chi connectivity index (χ2n) is 2.43. The lowest BCUT2D eigenvalue weighted by Gasteiger charge is -2.21. The zero-order chi connectivity index (χ0) is 7.28. The van der Waals surface area contributed by atoms with Gasteiger partial charge in [-0.05, 0) is 20.0 Å². The van der Waals surface area contributed by atoms with Crippen molar-refractivity contribution >= 4 is 0 Å². The van der Waals surface area contributed by atoms with Gasteiger partial charge in [0.15, 0.2) is 0 Å². The number of hydrogen-bond acceptors (Lipinski definition) is 2. The molecule has 2 heteroatoms. The van der Waals surface area contributed by atoms with E-state index in [9.17, 15) is 0 Å². The molecule has 0 aliphatic rings. The van der Waals surface area contributed by atoms with Crippen molar-refractivity contribution in [2.45, 2.75) is 32.9 Å². The first-order valence-electron chi connectivity index (χ1n) is 3.68. The standard InChI is InChI=1S/C7H18N2/c1-4-6-7(8)9(3)5-2/h7H,4-6,8H2,1-3H3. The summed E-state index contributed by atoms with van der Waals surface area (Å²) in [6.07, 6.45) is 2.54. The van der Waals surface area contributed by atoms with Gasteiger partial charge in [0, 0.05) is 0 Å². The second-order valence-corrected chi connectivity index (χ2v) is 2.43. The Bertz CT molecular complexity index is 63.9. The summed E-state index contributed by atoms with van der Waals surface area (Å²) in [5.41, 5.74) is 5.76. The third-order valence-electron chi connectivity index (χ3n) is 1.65. The molecule has 56 valence electrons. The molecular formula is C7H18N2. The van der Waals surface area contributed by atoms with Crippen molar-refractivity contribution in [2.75, 3.05) is 13.6 Å². The van der Waals surface area contributed by atoms with Gasteiger partial charge in [-0.3, -0.25) is 4.90 Å². The lowest BCUT2D eigenvalue weighted by molar-refractivity contribution is 0.246. The summed E-state index contributed by atoms with van der Waals surface area (Å²) in [4.78, 5) is 2.16. The SMILES string of the molecule is CCCC(N)N(C)CC. The Hall–Kier alpha value is -0.0800. The van der Waals surface area contributed by atoms with E-state index in [0.717, 1.165) is 13.0 Å². The Morgan fingerprint density at radius 2 is 2.00 bits per heavy atom. The monoisotopic (exact) mass is 130 g/mol. The van der Waals surface area contributed by atoms with Crippen LogP contribution in [0.15, 0.2) is 0 Å². The summed E-state index contributed by atoms with van der Waals surface area (Å²) < 4.78 is 0. The Morgan fingerprint density at radius 3 is 2.33 bits per heavy atom. The fourth-order valence-electron chi connectivity index (χ4n) is 0.751. The van der Waals surface area contributed by atoms with Crippen molar-refractivity contribution in [1.82, 2.24) is 4.90 Å². The van der Waals surface area contributed by atoms with E-state index < -0.39 is 0 Å². The third kappa shape index (κ3) is 3.49. The van der Waals surface area contributed by atoms with E-state index in [1.54, 1.807) is 0 Å². The van der Waals surface area contributed by atoms with Crippen molar-refractivity contribution < 1.29 is 0 Å². The predicted octanol–water partition coefficient (Wildman–Crippen LogP) is 1.02. The lowest BCUT2D eigenvalue weighted by atomic mass is 10.2. The van der Waals surface area contributed by atoms with Crippen LogP contribution in [0.25, 0.3) is 0 Å². The summed E-state index contributed by atoms with van der Waals surface area (Å²) in [5.74, 6) is 0. The van der Waals surface area contributed by atoms with E-state index in [-0.39, 0.29) is 6.17 Å². The van der Waals surface area contributed by atoms with Gasteiger partial charge >= 0.3 is 0 Å². The molecule has 0 spiro atoms. The predicted molar refractivity (Wildman–Crippen MR) is 41.2 cm³/mol. The lowest BCUT2D eigenvalue weighted by Crippen LogP contribution is -2.38. The van der Waals surface area contributed by atoms with E-state index in [1.807, 2.05) is 0 Å². The Labute approximate surface area is 58.0 Å². The van der Waals surface area contributed by atoms with Gasteiger partial charge in [-0.25, -0.2) is 0 Å². The topological polar surface area (TPSA) is 29.3 Å². The molecule has 1 atom stereocenters. The molecule has 0 saturated carbocycles. The Morgan fingerprint density at radius 1 is 1.44 bits per heavy atom. The van der Waals surface area contributed by atoms with Crippen molar-refractivity contribution in [3.63, 3.8) is 0 Å². The molecule has 0 aromatic rings. The molecule has 0 amide bonds. The molecule has 0 aromatic heterocycles. The van der Waals surface area contributed by atoms with Crippen LogP contribution in [0.3, 0.4) is 0 Å². The molecule has 9 heavy (non-hydrogen) atoms. The maximum Gasteiger partial charge on any atom is 0.0568 e. The van der Waals surface area contributed by atoms with E-state index >= 15 is 0 Å². The molecule has 0 radical (unpaired) electrons. The van der Waals surface area contributed by atoms with Crippen LogP contribution in [0.1, 0.15) is 26.7 Å². The van der Waals surface area contributed by atoms with Crippen LogP contribution in [-0.4, -0.2) is 24.7 Å². The van der Waals surface area contributed by atoms with Gasteiger partial charge in [0.1, 0.15) is 0 Å². The van der Waals surface area contributed by atoms with Gasteiger partial charge in [0.2, 0.25) is 0 Å². The first-order valence-corrected chi connectivity index (χ1v) is 3.68. The minimum Gasteiger partial charge on any atom is -0.316 e. The smallest absolute Gasteiger partial charge is 0.0568 e. The van der Waals surface area contributed by atoms with Gasteiger partial charge in [-0.1, -0.05) is 20.3 Å². The summed E-state index contributed by atoms with van der Waals surface area (Å²) in [6.45, 7) is 5.32. The van der Waals surface area contributed by atoms with Gasteiger partial charge in [0.05, 0.1) is 6.17 Å². The van der Waals surface area contributed by atoms with Crippen LogP contribution < -0.4 is 5.73 Å². The molecule has 1 unspecified atom stereocenters. The fourth-order valence-corrected chi connectivity index (χ4v) is 0.751. The minimum absolute atomic E-state index is 0.264. The van der Waals surface area contributed by atoms with Crippen LogP contribution in [0.4, 0.5) is 0 Å². The zero-order valence-corrected chi connectivity index (χ0v) is 6.72. The van der Waals surface area contributed by atoms with Crippen LogP contribution in [0.5, 0.6) is 0 Å². The molecular weight excluding hydrogens is 112 g/mol. The molecule has 0 aromatic carbocycles. The van der Waals surface area contributed by atoms with Gasteiger partial charge in [-0.15, -0.1) is 0 Å². The summed E-state index contributed by atoms with van der Waals surface area (Å²) in [7, 11) is 2.06. The maximum absolute atomic E-state index is 5.76. The summed E-state index contributed by atoms with van der Waals surface area (Å²) >= 11 is 0. The third-order valence-corrected chi connectivity index (χ3v) is 1.65. The molecule has 2 N–H and O–H groups in total. The summed E-state index contributed by atoms with van der Waals surface area (Å²) in [5, 5.41) is 0. The second kappa shape index (κ2) is 4.77. The highest BCUT2D eigenvalue weighted by Gasteiger charge is 2.03. The average molecular weight is 130 g/mol. The molecule has 0 bridgehead atoms. The fraction of sp³-hybridized carbons (Fsp3) is 1.00. The highest BCUT2D eigenvalue weighted by atomic mass is 15.2.